The molecule has 0 amide bonds. The van der Waals surface area contributed by atoms with E-state index < -0.39 is 17.1 Å². The molecule has 5 aliphatic rings. The lowest BCUT2D eigenvalue weighted by molar-refractivity contribution is -0.130. The Bertz CT molecular complexity index is 802. The SMILES string of the molecule is O=C1C=CC2(O)C3NC34Cc3ccc(O)c5c3[C@@]2(C4)[C@H]1O5. The van der Waals surface area contributed by atoms with Crippen molar-refractivity contribution in [1.82, 2.24) is 5.32 Å². The molecule has 2 fully saturated rings. The Kier molecular flexibility index (Phi) is 1.35. The second-order valence-corrected chi connectivity index (χ2v) is 7.07. The summed E-state index contributed by atoms with van der Waals surface area (Å²) < 4.78 is 5.86. The number of phenolic OH excluding ortho intramolecular Hbond substituents is 1. The molecule has 21 heavy (non-hydrogen) atoms. The van der Waals surface area contributed by atoms with Crippen molar-refractivity contribution in [2.45, 2.75) is 41.5 Å². The fourth-order valence-electron chi connectivity index (χ4n) is 5.53. The summed E-state index contributed by atoms with van der Waals surface area (Å²) >= 11 is 0. The predicted molar refractivity (Wildman–Crippen MR) is 71.3 cm³/mol. The highest BCUT2D eigenvalue weighted by Gasteiger charge is 2.84. The Morgan fingerprint density at radius 3 is 3.10 bits per heavy atom. The van der Waals surface area contributed by atoms with Gasteiger partial charge in [-0.15, -0.1) is 0 Å². The van der Waals surface area contributed by atoms with E-state index >= 15 is 0 Å². The van der Waals surface area contributed by atoms with Crippen LogP contribution in [0, 0.1) is 0 Å². The molecule has 3 N–H and O–H groups in total. The number of hydrogen-bond donors (Lipinski definition) is 3. The molecule has 2 bridgehead atoms. The Hall–Kier alpha value is -1.85. The minimum Gasteiger partial charge on any atom is -0.504 e. The van der Waals surface area contributed by atoms with E-state index in [4.69, 9.17) is 4.74 Å². The molecule has 0 aromatic heterocycles. The van der Waals surface area contributed by atoms with E-state index in [-0.39, 0.29) is 23.1 Å². The van der Waals surface area contributed by atoms with Gasteiger partial charge < -0.3 is 20.3 Å². The van der Waals surface area contributed by atoms with E-state index in [1.54, 1.807) is 12.1 Å². The average molecular weight is 283 g/mol. The zero-order valence-corrected chi connectivity index (χ0v) is 11.1. The van der Waals surface area contributed by atoms with Gasteiger partial charge in [-0.05, 0) is 36.6 Å². The number of carbonyl (C=O) groups excluding carboxylic acids is 1. The maximum atomic E-state index is 12.4. The second kappa shape index (κ2) is 2.62. The van der Waals surface area contributed by atoms with E-state index in [1.165, 1.54) is 6.08 Å². The van der Waals surface area contributed by atoms with Crippen LogP contribution in [0.5, 0.6) is 11.5 Å². The molecule has 2 heterocycles. The maximum absolute atomic E-state index is 12.4. The lowest BCUT2D eigenvalue weighted by Gasteiger charge is -2.46. The first-order chi connectivity index (χ1) is 10.0. The number of benzene rings is 1. The molecule has 1 aromatic rings. The number of hydrogen-bond acceptors (Lipinski definition) is 5. The Morgan fingerprint density at radius 2 is 2.24 bits per heavy atom. The van der Waals surface area contributed by atoms with Crippen molar-refractivity contribution < 1.29 is 19.7 Å². The van der Waals surface area contributed by atoms with Crippen molar-refractivity contribution in [2.75, 3.05) is 0 Å². The van der Waals surface area contributed by atoms with E-state index in [0.717, 1.165) is 17.5 Å². The minimum absolute atomic E-state index is 0.0408. The van der Waals surface area contributed by atoms with Crippen molar-refractivity contribution in [3.8, 4) is 11.5 Å². The first kappa shape index (κ1) is 10.8. The molecule has 3 unspecified atom stereocenters. The van der Waals surface area contributed by atoms with Gasteiger partial charge in [-0.1, -0.05) is 6.07 Å². The van der Waals surface area contributed by atoms with Gasteiger partial charge in [-0.25, -0.2) is 0 Å². The van der Waals surface area contributed by atoms with E-state index in [9.17, 15) is 15.0 Å². The van der Waals surface area contributed by atoms with Crippen LogP contribution in [0.4, 0.5) is 0 Å². The summed E-state index contributed by atoms with van der Waals surface area (Å²) in [6.07, 6.45) is 3.86. The topological polar surface area (TPSA) is 88.7 Å². The number of carbonyl (C=O) groups is 1. The highest BCUT2D eigenvalue weighted by atomic mass is 16.5. The van der Waals surface area contributed by atoms with Crippen LogP contribution in [0.15, 0.2) is 24.3 Å². The van der Waals surface area contributed by atoms with Crippen molar-refractivity contribution >= 4 is 5.78 Å². The molecule has 5 nitrogen and oxygen atoms in total. The molecule has 6 rings (SSSR count). The molecule has 2 aliphatic heterocycles. The zero-order chi connectivity index (χ0) is 14.2. The molecule has 5 atom stereocenters. The third-order valence-corrected chi connectivity index (χ3v) is 6.27. The van der Waals surface area contributed by atoms with Gasteiger partial charge in [0, 0.05) is 11.1 Å². The molecule has 2 spiro atoms. The number of nitrogens with one attached hydrogen (secondary N) is 1. The number of ketones is 1. The molecular weight excluding hydrogens is 270 g/mol. The van der Waals surface area contributed by atoms with Gasteiger partial charge >= 0.3 is 0 Å². The van der Waals surface area contributed by atoms with E-state index in [0.29, 0.717) is 12.2 Å². The summed E-state index contributed by atoms with van der Waals surface area (Å²) in [6.45, 7) is 0. The first-order valence-corrected chi connectivity index (χ1v) is 7.27. The van der Waals surface area contributed by atoms with Gasteiger partial charge in [0.15, 0.2) is 23.4 Å². The van der Waals surface area contributed by atoms with Gasteiger partial charge in [0.25, 0.3) is 0 Å². The van der Waals surface area contributed by atoms with Gasteiger partial charge in [0.1, 0.15) is 5.60 Å². The normalized spacial score (nSPS) is 49.7. The quantitative estimate of drug-likeness (QED) is 0.580. The van der Waals surface area contributed by atoms with Crippen molar-refractivity contribution in [2.24, 2.45) is 0 Å². The fraction of sp³-hybridized carbons (Fsp3) is 0.438. The van der Waals surface area contributed by atoms with E-state index in [2.05, 4.69) is 5.32 Å². The first-order valence-electron chi connectivity index (χ1n) is 7.27. The summed E-state index contributed by atoms with van der Waals surface area (Å²) in [5, 5.41) is 24.9. The summed E-state index contributed by atoms with van der Waals surface area (Å²) in [6, 6.07) is 3.48. The smallest absolute Gasteiger partial charge is 0.196 e. The standard InChI is InChI=1S/C16H13NO4/c18-8-2-1-7-5-14-6-15-10(7)11(8)21-12(15)9(19)3-4-16(15,20)13(14)17-14/h1-4,12-13,17-18,20H,5-6H2/t12-,13?,14?,15-,16?/m0/s1. The second-order valence-electron chi connectivity index (χ2n) is 7.07. The zero-order valence-electron chi connectivity index (χ0n) is 11.1. The highest BCUT2D eigenvalue weighted by molar-refractivity contribution is 5.99. The summed E-state index contributed by atoms with van der Waals surface area (Å²) in [5.41, 5.74) is -0.0543. The molecule has 0 radical (unpaired) electrons. The highest BCUT2D eigenvalue weighted by Crippen LogP contribution is 2.71. The molecule has 1 saturated carbocycles. The van der Waals surface area contributed by atoms with Crippen LogP contribution >= 0.6 is 0 Å². The van der Waals surface area contributed by atoms with Gasteiger partial charge in [0.05, 0.1) is 11.5 Å². The van der Waals surface area contributed by atoms with Crippen LogP contribution in [0.3, 0.4) is 0 Å². The summed E-state index contributed by atoms with van der Waals surface area (Å²) in [4.78, 5) is 12.4. The Morgan fingerprint density at radius 1 is 1.38 bits per heavy atom. The Labute approximate surface area is 120 Å². The average Bonchev–Trinajstić information content (AvgIpc) is 2.95. The number of aromatic hydroxyl groups is 1. The van der Waals surface area contributed by atoms with Crippen LogP contribution < -0.4 is 10.1 Å². The van der Waals surface area contributed by atoms with Crippen LogP contribution in [0.25, 0.3) is 0 Å². The van der Waals surface area contributed by atoms with Crippen LogP contribution in [0.1, 0.15) is 17.5 Å². The van der Waals surface area contributed by atoms with Crippen molar-refractivity contribution in [3.63, 3.8) is 0 Å². The minimum atomic E-state index is -1.12. The predicted octanol–water partition coefficient (Wildman–Crippen LogP) is -0.0686. The van der Waals surface area contributed by atoms with Crippen LogP contribution in [-0.2, 0) is 16.6 Å². The molecule has 3 aliphatic carbocycles. The van der Waals surface area contributed by atoms with Gasteiger partial charge in [-0.3, -0.25) is 4.79 Å². The monoisotopic (exact) mass is 283 g/mol. The largest absolute Gasteiger partial charge is 0.504 e. The summed E-state index contributed by atoms with van der Waals surface area (Å²) in [5.74, 6) is 0.320. The third kappa shape index (κ3) is 0.816. The number of phenols is 1. The number of fused-ring (bicyclic) bond motifs is 1. The molecular formula is C16H13NO4. The van der Waals surface area contributed by atoms with Crippen molar-refractivity contribution in [3.05, 3.63) is 35.4 Å². The molecule has 1 saturated heterocycles. The summed E-state index contributed by atoms with van der Waals surface area (Å²) in [7, 11) is 0. The maximum Gasteiger partial charge on any atom is 0.196 e. The molecule has 106 valence electrons. The number of piperidine rings is 1. The van der Waals surface area contributed by atoms with Gasteiger partial charge in [-0.2, -0.15) is 0 Å². The number of rotatable bonds is 0. The number of aliphatic hydroxyl groups is 1. The van der Waals surface area contributed by atoms with Gasteiger partial charge in [0.2, 0.25) is 0 Å². The number of ether oxygens (including phenoxy) is 1. The molecule has 5 heteroatoms. The van der Waals surface area contributed by atoms with Crippen LogP contribution in [-0.4, -0.2) is 39.3 Å². The fourth-order valence-corrected chi connectivity index (χ4v) is 5.53. The lowest BCUT2D eigenvalue weighted by Crippen LogP contribution is -2.62. The van der Waals surface area contributed by atoms with Crippen molar-refractivity contribution in [1.29, 1.82) is 0 Å². The van der Waals surface area contributed by atoms with E-state index in [1.807, 2.05) is 6.07 Å². The third-order valence-electron chi connectivity index (χ3n) is 6.27. The molecule has 1 aromatic carbocycles. The lowest BCUT2D eigenvalue weighted by atomic mass is 9.59. The Balaban J connectivity index is 1.79. The van der Waals surface area contributed by atoms with Crippen LogP contribution in [0.2, 0.25) is 0 Å².